The van der Waals surface area contributed by atoms with Crippen molar-refractivity contribution in [3.05, 3.63) is 0 Å². The molecule has 0 aromatic heterocycles. The molecule has 0 aliphatic carbocycles. The monoisotopic (exact) mass is 496 g/mol. The van der Waals surface area contributed by atoms with Crippen LogP contribution in [0.15, 0.2) is 0 Å². The van der Waals surface area contributed by atoms with Crippen molar-refractivity contribution in [1.82, 2.24) is 0 Å². The fraction of sp³-hybridized carbons (Fsp3) is 1.00. The molecule has 1 heterocycles. The molecular formula is C24H50O6P2. The molecule has 1 aliphatic rings. The fourth-order valence-corrected chi connectivity index (χ4v) is 7.21. The highest BCUT2D eigenvalue weighted by atomic mass is 31.2. The second-order valence-corrected chi connectivity index (χ2v) is 14.3. The highest BCUT2D eigenvalue weighted by Gasteiger charge is 2.48. The van der Waals surface area contributed by atoms with Crippen molar-refractivity contribution in [1.29, 1.82) is 0 Å². The predicted octanol–water partition coefficient (Wildman–Crippen LogP) is 8.84. The first-order chi connectivity index (χ1) is 14.8. The van der Waals surface area contributed by atoms with Crippen molar-refractivity contribution in [3.8, 4) is 0 Å². The summed E-state index contributed by atoms with van der Waals surface area (Å²) in [7, 11) is -5.18. The van der Waals surface area contributed by atoms with Gasteiger partial charge in [0.05, 0.1) is 25.4 Å². The summed E-state index contributed by atoms with van der Waals surface area (Å²) in [6.07, 6.45) is 8.58. The Kier molecular flexibility index (Phi) is 12.9. The van der Waals surface area contributed by atoms with Crippen LogP contribution in [0.3, 0.4) is 0 Å². The second kappa shape index (κ2) is 13.5. The topological polar surface area (TPSA) is 63.2 Å². The molecule has 0 bridgehead atoms. The van der Waals surface area contributed by atoms with Gasteiger partial charge in [0, 0.05) is 5.41 Å². The second-order valence-electron chi connectivity index (χ2n) is 10.7. The normalized spacial score (nSPS) is 22.3. The number of phosphoric acid groups is 1. The molecule has 1 rings (SSSR count). The zero-order valence-electron chi connectivity index (χ0n) is 22.2. The molecule has 0 spiro atoms. The molecule has 0 aromatic rings. The predicted molar refractivity (Wildman–Crippen MR) is 134 cm³/mol. The van der Waals surface area contributed by atoms with E-state index in [1.54, 1.807) is 0 Å². The van der Waals surface area contributed by atoms with Crippen LogP contribution in [0, 0.1) is 11.3 Å². The van der Waals surface area contributed by atoms with E-state index in [1.165, 1.54) is 12.8 Å². The third-order valence-corrected chi connectivity index (χ3v) is 9.76. The molecule has 3 atom stereocenters. The summed E-state index contributed by atoms with van der Waals surface area (Å²) in [6, 6.07) is 0. The molecule has 1 saturated heterocycles. The Labute approximate surface area is 199 Å². The first-order valence-electron chi connectivity index (χ1n) is 12.6. The Balaban J connectivity index is 3.01. The number of unbranched alkanes of at least 4 members (excludes halogenated alkanes) is 2. The van der Waals surface area contributed by atoms with Crippen molar-refractivity contribution >= 4 is 16.2 Å². The van der Waals surface area contributed by atoms with Crippen LogP contribution in [-0.4, -0.2) is 30.8 Å². The van der Waals surface area contributed by atoms with Crippen LogP contribution in [0.2, 0.25) is 0 Å². The minimum Gasteiger partial charge on any atom is -0.332 e. The van der Waals surface area contributed by atoms with E-state index in [4.69, 9.17) is 22.6 Å². The van der Waals surface area contributed by atoms with Crippen LogP contribution >= 0.6 is 16.2 Å². The third kappa shape index (κ3) is 10.4. The van der Waals surface area contributed by atoms with E-state index in [0.29, 0.717) is 25.7 Å². The molecule has 192 valence electrons. The van der Waals surface area contributed by atoms with Crippen LogP contribution in [-0.2, 0) is 27.2 Å². The smallest absolute Gasteiger partial charge is 0.332 e. The largest absolute Gasteiger partial charge is 0.475 e. The Morgan fingerprint density at radius 1 is 1.03 bits per heavy atom. The fourth-order valence-electron chi connectivity index (χ4n) is 3.35. The molecular weight excluding hydrogens is 446 g/mol. The summed E-state index contributed by atoms with van der Waals surface area (Å²) < 4.78 is 43.6. The van der Waals surface area contributed by atoms with Gasteiger partial charge >= 0.3 is 7.82 Å². The molecule has 0 radical (unpaired) electrons. The van der Waals surface area contributed by atoms with Crippen LogP contribution < -0.4 is 0 Å². The Morgan fingerprint density at radius 3 is 2.12 bits per heavy atom. The van der Waals surface area contributed by atoms with Crippen molar-refractivity contribution in [2.75, 3.05) is 19.8 Å². The van der Waals surface area contributed by atoms with E-state index in [0.717, 1.165) is 38.5 Å². The summed E-state index contributed by atoms with van der Waals surface area (Å²) in [6.45, 7) is 20.0. The number of hydrogen-bond donors (Lipinski definition) is 0. The Morgan fingerprint density at radius 2 is 1.62 bits per heavy atom. The van der Waals surface area contributed by atoms with E-state index in [1.807, 2.05) is 27.7 Å². The Bertz CT molecular complexity index is 569. The zero-order valence-corrected chi connectivity index (χ0v) is 24.0. The first kappa shape index (κ1) is 30.5. The molecule has 0 amide bonds. The summed E-state index contributed by atoms with van der Waals surface area (Å²) in [5.74, 6) is 0.474. The molecule has 0 aromatic carbocycles. The van der Waals surface area contributed by atoms with Crippen LogP contribution in [0.25, 0.3) is 0 Å². The number of rotatable bonds is 16. The minimum atomic E-state index is -3.68. The van der Waals surface area contributed by atoms with Gasteiger partial charge in [-0.15, -0.1) is 0 Å². The lowest BCUT2D eigenvalue weighted by Crippen LogP contribution is -2.35. The molecule has 3 unspecified atom stereocenters. The van der Waals surface area contributed by atoms with E-state index in [9.17, 15) is 4.57 Å². The number of phosphoric ester groups is 1. The maximum Gasteiger partial charge on any atom is 0.475 e. The maximum atomic E-state index is 13.2. The standard InChI is InChI=1S/C24H50O6P2/c1-10-14-16-21(12-3)18-26-31(29-24(9,13-4)17-15-11-2)23(7,8)30-32(25)27-19-22(5,6)20-28-32/h21H,10-20H2,1-9H3. The molecule has 6 nitrogen and oxygen atoms in total. The SMILES string of the molecule is CCCCC(CC)COP(OC(C)(CC)CCCC)C(C)(C)OP1(=O)OCC(C)(C)CO1. The summed E-state index contributed by atoms with van der Waals surface area (Å²) in [5, 5.41) is -0.946. The van der Waals surface area contributed by atoms with Crippen LogP contribution in [0.5, 0.6) is 0 Å². The average molecular weight is 497 g/mol. The van der Waals surface area contributed by atoms with Gasteiger partial charge in [0.15, 0.2) is 0 Å². The van der Waals surface area contributed by atoms with E-state index in [-0.39, 0.29) is 11.0 Å². The zero-order chi connectivity index (χ0) is 24.5. The molecule has 0 saturated carbocycles. The van der Waals surface area contributed by atoms with Crippen LogP contribution in [0.1, 0.15) is 114 Å². The highest BCUT2D eigenvalue weighted by molar-refractivity contribution is 7.52. The molecule has 0 N–H and O–H groups in total. The maximum absolute atomic E-state index is 13.2. The lowest BCUT2D eigenvalue weighted by molar-refractivity contribution is -0.0236. The summed E-state index contributed by atoms with van der Waals surface area (Å²) in [5.41, 5.74) is -0.508. The molecule has 1 aliphatic heterocycles. The van der Waals surface area contributed by atoms with Gasteiger partial charge in [0.1, 0.15) is 5.34 Å². The van der Waals surface area contributed by atoms with Gasteiger partial charge in [0.2, 0.25) is 8.38 Å². The first-order valence-corrected chi connectivity index (χ1v) is 15.2. The van der Waals surface area contributed by atoms with E-state index in [2.05, 4.69) is 34.6 Å². The summed E-state index contributed by atoms with van der Waals surface area (Å²) >= 11 is 0. The minimum absolute atomic E-state index is 0.187. The summed E-state index contributed by atoms with van der Waals surface area (Å²) in [4.78, 5) is 0. The van der Waals surface area contributed by atoms with Gasteiger partial charge in [-0.1, -0.05) is 73.6 Å². The molecule has 32 heavy (non-hydrogen) atoms. The Hall–Kier alpha value is 0.460. The lowest BCUT2D eigenvalue weighted by Gasteiger charge is -2.42. The third-order valence-electron chi connectivity index (χ3n) is 6.08. The van der Waals surface area contributed by atoms with Gasteiger partial charge < -0.3 is 9.05 Å². The van der Waals surface area contributed by atoms with Gasteiger partial charge in [0.25, 0.3) is 0 Å². The molecule has 1 fully saturated rings. The average Bonchev–Trinajstić information content (AvgIpc) is 2.73. The lowest BCUT2D eigenvalue weighted by atomic mass is 9.97. The van der Waals surface area contributed by atoms with Gasteiger partial charge in [-0.3, -0.25) is 13.6 Å². The quantitative estimate of drug-likeness (QED) is 0.199. The van der Waals surface area contributed by atoms with E-state index < -0.39 is 21.5 Å². The molecule has 8 heteroatoms. The van der Waals surface area contributed by atoms with Crippen molar-refractivity contribution in [2.24, 2.45) is 11.3 Å². The van der Waals surface area contributed by atoms with E-state index >= 15 is 0 Å². The van der Waals surface area contributed by atoms with Crippen LogP contribution in [0.4, 0.5) is 0 Å². The van der Waals surface area contributed by atoms with Crippen molar-refractivity contribution in [3.63, 3.8) is 0 Å². The van der Waals surface area contributed by atoms with Crippen molar-refractivity contribution in [2.45, 2.75) is 125 Å². The van der Waals surface area contributed by atoms with Gasteiger partial charge in [-0.2, -0.15) is 0 Å². The van der Waals surface area contributed by atoms with Gasteiger partial charge in [-0.05, 0) is 46.0 Å². The van der Waals surface area contributed by atoms with Gasteiger partial charge in [-0.25, -0.2) is 4.57 Å². The van der Waals surface area contributed by atoms with Crippen molar-refractivity contribution < 1.29 is 27.2 Å². The number of hydrogen-bond acceptors (Lipinski definition) is 6. The highest BCUT2D eigenvalue weighted by Crippen LogP contribution is 2.65.